The van der Waals surface area contributed by atoms with Crippen molar-refractivity contribution >= 4 is 23.3 Å². The summed E-state index contributed by atoms with van der Waals surface area (Å²) in [5, 5.41) is 2.83. The number of carbonyl (C=O) groups is 3. The molecular formula is C17H23N3O3. The van der Waals surface area contributed by atoms with Crippen LogP contribution in [0.25, 0.3) is 0 Å². The second-order valence-corrected chi connectivity index (χ2v) is 5.98. The van der Waals surface area contributed by atoms with Gasteiger partial charge in [0.25, 0.3) is 0 Å². The summed E-state index contributed by atoms with van der Waals surface area (Å²) in [7, 11) is 0. The number of anilines is 1. The fourth-order valence-corrected chi connectivity index (χ4v) is 2.87. The number of benzene rings is 1. The smallest absolute Gasteiger partial charge is 0.241 e. The Balaban J connectivity index is 1.99. The summed E-state index contributed by atoms with van der Waals surface area (Å²) >= 11 is 0. The van der Waals surface area contributed by atoms with E-state index in [2.05, 4.69) is 5.32 Å². The molecule has 6 heteroatoms. The predicted octanol–water partition coefficient (Wildman–Crippen LogP) is 1.41. The Bertz CT molecular complexity index is 607. The Morgan fingerprint density at radius 2 is 1.83 bits per heavy atom. The van der Waals surface area contributed by atoms with Crippen molar-refractivity contribution in [1.29, 1.82) is 0 Å². The number of hydrogen-bond acceptors (Lipinski definition) is 4. The van der Waals surface area contributed by atoms with Gasteiger partial charge in [0.2, 0.25) is 11.8 Å². The van der Waals surface area contributed by atoms with Crippen LogP contribution < -0.4 is 11.1 Å². The molecule has 1 atom stereocenters. The number of para-hydroxylation sites is 1. The van der Waals surface area contributed by atoms with Crippen molar-refractivity contribution in [3.63, 3.8) is 0 Å². The summed E-state index contributed by atoms with van der Waals surface area (Å²) in [5.41, 5.74) is 6.36. The van der Waals surface area contributed by atoms with Gasteiger partial charge in [-0.1, -0.05) is 12.1 Å². The SMILES string of the molecule is CC(=O)c1ccccc1NC(=O)[C@H](C)N1CCC(C(N)=O)CC1. The van der Waals surface area contributed by atoms with Gasteiger partial charge in [-0.25, -0.2) is 0 Å². The Labute approximate surface area is 136 Å². The number of Topliss-reactive ketones (excluding diaryl/α,β-unsaturated/α-hetero) is 1. The first-order chi connectivity index (χ1) is 10.9. The number of carbonyl (C=O) groups excluding carboxylic acids is 3. The molecule has 23 heavy (non-hydrogen) atoms. The normalized spacial score (nSPS) is 17.5. The van der Waals surface area contributed by atoms with E-state index in [1.807, 2.05) is 11.8 Å². The lowest BCUT2D eigenvalue weighted by Gasteiger charge is -2.34. The average molecular weight is 317 g/mol. The highest BCUT2D eigenvalue weighted by Crippen LogP contribution is 2.20. The minimum Gasteiger partial charge on any atom is -0.369 e. The van der Waals surface area contributed by atoms with Crippen LogP contribution in [0.5, 0.6) is 0 Å². The summed E-state index contributed by atoms with van der Waals surface area (Å²) < 4.78 is 0. The third kappa shape index (κ3) is 4.16. The molecule has 0 radical (unpaired) electrons. The Kier molecular flexibility index (Phi) is 5.50. The van der Waals surface area contributed by atoms with Crippen molar-refractivity contribution in [2.45, 2.75) is 32.7 Å². The van der Waals surface area contributed by atoms with E-state index < -0.39 is 0 Å². The Morgan fingerprint density at radius 1 is 1.22 bits per heavy atom. The fourth-order valence-electron chi connectivity index (χ4n) is 2.87. The molecular weight excluding hydrogens is 294 g/mol. The van der Waals surface area contributed by atoms with E-state index in [9.17, 15) is 14.4 Å². The number of likely N-dealkylation sites (tertiary alicyclic amines) is 1. The van der Waals surface area contributed by atoms with Gasteiger partial charge in [0, 0.05) is 11.5 Å². The largest absolute Gasteiger partial charge is 0.369 e. The van der Waals surface area contributed by atoms with Gasteiger partial charge in [0.15, 0.2) is 5.78 Å². The van der Waals surface area contributed by atoms with Crippen LogP contribution >= 0.6 is 0 Å². The van der Waals surface area contributed by atoms with Gasteiger partial charge in [0.1, 0.15) is 0 Å². The lowest BCUT2D eigenvalue weighted by molar-refractivity contribution is -0.124. The summed E-state index contributed by atoms with van der Waals surface area (Å²) in [6.45, 7) is 4.63. The van der Waals surface area contributed by atoms with Crippen molar-refractivity contribution in [2.24, 2.45) is 11.7 Å². The second kappa shape index (κ2) is 7.37. The number of amides is 2. The fraction of sp³-hybridized carbons (Fsp3) is 0.471. The molecule has 1 fully saturated rings. The van der Waals surface area contributed by atoms with Crippen LogP contribution in [-0.4, -0.2) is 41.6 Å². The highest BCUT2D eigenvalue weighted by Gasteiger charge is 2.29. The van der Waals surface area contributed by atoms with E-state index in [1.54, 1.807) is 24.3 Å². The van der Waals surface area contributed by atoms with E-state index in [0.29, 0.717) is 37.2 Å². The molecule has 0 aromatic heterocycles. The molecule has 1 aromatic rings. The van der Waals surface area contributed by atoms with Gasteiger partial charge in [-0.15, -0.1) is 0 Å². The molecule has 0 saturated carbocycles. The van der Waals surface area contributed by atoms with Crippen LogP contribution in [0.2, 0.25) is 0 Å². The molecule has 3 N–H and O–H groups in total. The molecule has 6 nitrogen and oxygen atoms in total. The zero-order valence-corrected chi connectivity index (χ0v) is 13.5. The van der Waals surface area contributed by atoms with Gasteiger partial charge in [-0.05, 0) is 51.9 Å². The number of piperidine rings is 1. The van der Waals surface area contributed by atoms with Crippen LogP contribution in [0.3, 0.4) is 0 Å². The van der Waals surface area contributed by atoms with E-state index in [4.69, 9.17) is 5.73 Å². The third-order valence-corrected chi connectivity index (χ3v) is 4.42. The molecule has 1 saturated heterocycles. The Hall–Kier alpha value is -2.21. The Morgan fingerprint density at radius 3 is 2.39 bits per heavy atom. The minimum absolute atomic E-state index is 0.0872. The van der Waals surface area contributed by atoms with Crippen molar-refractivity contribution in [2.75, 3.05) is 18.4 Å². The molecule has 0 spiro atoms. The number of rotatable bonds is 5. The van der Waals surface area contributed by atoms with Crippen molar-refractivity contribution in [3.05, 3.63) is 29.8 Å². The molecule has 0 aliphatic carbocycles. The summed E-state index contributed by atoms with van der Waals surface area (Å²) in [4.78, 5) is 37.3. The molecule has 2 amide bonds. The molecule has 1 aliphatic heterocycles. The average Bonchev–Trinajstić information content (AvgIpc) is 2.54. The zero-order valence-electron chi connectivity index (χ0n) is 13.5. The maximum atomic E-state index is 12.4. The quantitative estimate of drug-likeness (QED) is 0.803. The molecule has 0 bridgehead atoms. The topological polar surface area (TPSA) is 92.5 Å². The molecule has 2 rings (SSSR count). The summed E-state index contributed by atoms with van der Waals surface area (Å²) in [5.74, 6) is -0.607. The maximum Gasteiger partial charge on any atom is 0.241 e. The van der Waals surface area contributed by atoms with Crippen LogP contribution in [0.1, 0.15) is 37.0 Å². The first kappa shape index (κ1) is 17.1. The van der Waals surface area contributed by atoms with Gasteiger partial charge >= 0.3 is 0 Å². The molecule has 124 valence electrons. The second-order valence-electron chi connectivity index (χ2n) is 5.98. The number of ketones is 1. The zero-order chi connectivity index (χ0) is 17.0. The number of nitrogens with two attached hydrogens (primary N) is 1. The van der Waals surface area contributed by atoms with E-state index >= 15 is 0 Å². The van der Waals surface area contributed by atoms with E-state index in [1.165, 1.54) is 6.92 Å². The number of nitrogens with zero attached hydrogens (tertiary/aromatic N) is 1. The van der Waals surface area contributed by atoms with Gasteiger partial charge < -0.3 is 11.1 Å². The number of nitrogens with one attached hydrogen (secondary N) is 1. The van der Waals surface area contributed by atoms with Crippen LogP contribution in [0.4, 0.5) is 5.69 Å². The number of primary amides is 1. The highest BCUT2D eigenvalue weighted by molar-refractivity contribution is 6.04. The monoisotopic (exact) mass is 317 g/mol. The van der Waals surface area contributed by atoms with E-state index in [-0.39, 0.29) is 29.6 Å². The molecule has 1 aromatic carbocycles. The van der Waals surface area contributed by atoms with Gasteiger partial charge in [-0.3, -0.25) is 19.3 Å². The summed E-state index contributed by atoms with van der Waals surface area (Å²) in [6, 6.07) is 6.64. The van der Waals surface area contributed by atoms with Crippen LogP contribution in [-0.2, 0) is 9.59 Å². The van der Waals surface area contributed by atoms with E-state index in [0.717, 1.165) is 0 Å². The number of hydrogen-bond donors (Lipinski definition) is 2. The minimum atomic E-state index is -0.330. The lowest BCUT2D eigenvalue weighted by Crippen LogP contribution is -2.47. The van der Waals surface area contributed by atoms with Gasteiger partial charge in [-0.2, -0.15) is 0 Å². The predicted molar refractivity (Wildman–Crippen MR) is 88.0 cm³/mol. The van der Waals surface area contributed by atoms with Crippen LogP contribution in [0.15, 0.2) is 24.3 Å². The first-order valence-electron chi connectivity index (χ1n) is 7.84. The highest BCUT2D eigenvalue weighted by atomic mass is 16.2. The van der Waals surface area contributed by atoms with Crippen molar-refractivity contribution < 1.29 is 14.4 Å². The first-order valence-corrected chi connectivity index (χ1v) is 7.84. The lowest BCUT2D eigenvalue weighted by atomic mass is 9.95. The standard InChI is InChI=1S/C17H23N3O3/c1-11(20-9-7-13(8-10-20)16(18)22)17(23)19-15-6-4-3-5-14(15)12(2)21/h3-6,11,13H,7-10H2,1-2H3,(H2,18,22)(H,19,23)/t11-/m0/s1. The molecule has 1 heterocycles. The van der Waals surface area contributed by atoms with Gasteiger partial charge in [0.05, 0.1) is 11.7 Å². The molecule has 0 unspecified atom stereocenters. The van der Waals surface area contributed by atoms with Crippen molar-refractivity contribution in [1.82, 2.24) is 4.90 Å². The van der Waals surface area contributed by atoms with Crippen LogP contribution in [0, 0.1) is 5.92 Å². The third-order valence-electron chi connectivity index (χ3n) is 4.42. The summed E-state index contributed by atoms with van der Waals surface area (Å²) in [6.07, 6.45) is 1.36. The molecule has 1 aliphatic rings. The van der Waals surface area contributed by atoms with Crippen molar-refractivity contribution in [3.8, 4) is 0 Å². The maximum absolute atomic E-state index is 12.4.